The first-order chi connectivity index (χ1) is 10.3. The van der Waals surface area contributed by atoms with Crippen LogP contribution in [-0.4, -0.2) is 33.9 Å². The summed E-state index contributed by atoms with van der Waals surface area (Å²) in [6.07, 6.45) is 2.58. The molecule has 5 nitrogen and oxygen atoms in total. The number of nitrogens with zero attached hydrogens (tertiary/aromatic N) is 3. The van der Waals surface area contributed by atoms with Gasteiger partial charge in [-0.25, -0.2) is 9.50 Å². The van der Waals surface area contributed by atoms with E-state index in [1.165, 1.54) is 0 Å². The third-order valence-electron chi connectivity index (χ3n) is 3.95. The van der Waals surface area contributed by atoms with Crippen molar-refractivity contribution in [1.82, 2.24) is 14.6 Å². The number of para-hydroxylation sites is 1. The highest BCUT2D eigenvalue weighted by atomic mass is 16.5. The second-order valence-corrected chi connectivity index (χ2v) is 5.55. The van der Waals surface area contributed by atoms with Crippen molar-refractivity contribution in [3.05, 3.63) is 36.0 Å². The van der Waals surface area contributed by atoms with E-state index < -0.39 is 0 Å². The molecule has 5 heteroatoms. The molecular formula is C16H18N4O. The van der Waals surface area contributed by atoms with Crippen LogP contribution in [0.1, 0.15) is 18.5 Å². The fourth-order valence-corrected chi connectivity index (χ4v) is 2.93. The fraction of sp³-hybridized carbons (Fsp3) is 0.375. The summed E-state index contributed by atoms with van der Waals surface area (Å²) in [6.45, 7) is 3.67. The molecule has 1 saturated heterocycles. The molecule has 3 aromatic rings. The zero-order valence-electron chi connectivity index (χ0n) is 12.0. The van der Waals surface area contributed by atoms with Gasteiger partial charge in [0.2, 0.25) is 0 Å². The van der Waals surface area contributed by atoms with Gasteiger partial charge in [-0.2, -0.15) is 5.10 Å². The monoisotopic (exact) mass is 282 g/mol. The lowest BCUT2D eigenvalue weighted by molar-refractivity contribution is 0.120. The number of fused-ring (bicyclic) bond motifs is 3. The van der Waals surface area contributed by atoms with Crippen LogP contribution in [0.3, 0.4) is 0 Å². The van der Waals surface area contributed by atoms with Crippen LogP contribution in [0.4, 0.5) is 5.82 Å². The van der Waals surface area contributed by atoms with Crippen molar-refractivity contribution in [1.29, 1.82) is 0 Å². The van der Waals surface area contributed by atoms with Crippen LogP contribution in [0.5, 0.6) is 0 Å². The van der Waals surface area contributed by atoms with Crippen LogP contribution in [0.2, 0.25) is 0 Å². The van der Waals surface area contributed by atoms with Crippen molar-refractivity contribution in [3.8, 4) is 0 Å². The third kappa shape index (κ3) is 2.23. The quantitative estimate of drug-likeness (QED) is 0.802. The van der Waals surface area contributed by atoms with E-state index in [2.05, 4.69) is 22.5 Å². The second-order valence-electron chi connectivity index (χ2n) is 5.55. The lowest BCUT2D eigenvalue weighted by atomic mass is 10.2. The van der Waals surface area contributed by atoms with E-state index in [1.54, 1.807) is 0 Å². The molecule has 3 heterocycles. The predicted molar refractivity (Wildman–Crippen MR) is 82.7 cm³/mol. The summed E-state index contributed by atoms with van der Waals surface area (Å²) < 4.78 is 7.58. The molecule has 1 aliphatic heterocycles. The number of benzene rings is 1. The Hall–Kier alpha value is -2.14. The number of anilines is 1. The van der Waals surface area contributed by atoms with Gasteiger partial charge >= 0.3 is 0 Å². The lowest BCUT2D eigenvalue weighted by Crippen LogP contribution is -2.19. The average Bonchev–Trinajstić information content (AvgIpc) is 3.13. The van der Waals surface area contributed by atoms with E-state index in [4.69, 9.17) is 9.72 Å². The maximum absolute atomic E-state index is 5.67. The van der Waals surface area contributed by atoms with E-state index in [0.717, 1.165) is 54.1 Å². The van der Waals surface area contributed by atoms with Gasteiger partial charge < -0.3 is 10.1 Å². The van der Waals surface area contributed by atoms with Crippen molar-refractivity contribution >= 4 is 22.4 Å². The lowest BCUT2D eigenvalue weighted by Gasteiger charge is -2.13. The van der Waals surface area contributed by atoms with Crippen LogP contribution in [0.15, 0.2) is 30.3 Å². The van der Waals surface area contributed by atoms with Gasteiger partial charge in [0.1, 0.15) is 5.82 Å². The fourth-order valence-electron chi connectivity index (χ4n) is 2.93. The Morgan fingerprint density at radius 3 is 3.14 bits per heavy atom. The van der Waals surface area contributed by atoms with Gasteiger partial charge in [-0.15, -0.1) is 0 Å². The molecular weight excluding hydrogens is 264 g/mol. The van der Waals surface area contributed by atoms with Gasteiger partial charge in [0.05, 0.1) is 17.3 Å². The molecule has 0 aliphatic carbocycles. The van der Waals surface area contributed by atoms with Gasteiger partial charge in [-0.3, -0.25) is 0 Å². The van der Waals surface area contributed by atoms with Gasteiger partial charge in [0.15, 0.2) is 5.65 Å². The van der Waals surface area contributed by atoms with E-state index in [9.17, 15) is 0 Å². The molecule has 4 rings (SSSR count). The van der Waals surface area contributed by atoms with Crippen LogP contribution in [0.25, 0.3) is 16.6 Å². The first-order valence-corrected chi connectivity index (χ1v) is 7.42. The summed E-state index contributed by atoms with van der Waals surface area (Å²) in [7, 11) is 0. The summed E-state index contributed by atoms with van der Waals surface area (Å²) in [5.74, 6) is 0.911. The SMILES string of the molecule is Cc1cc2nc(NC[C@H]3CCCO3)c3ccccc3n2n1. The van der Waals surface area contributed by atoms with Crippen molar-refractivity contribution in [2.45, 2.75) is 25.9 Å². The number of hydrogen-bond donors (Lipinski definition) is 1. The van der Waals surface area contributed by atoms with Crippen LogP contribution in [-0.2, 0) is 4.74 Å². The minimum Gasteiger partial charge on any atom is -0.376 e. The smallest absolute Gasteiger partial charge is 0.158 e. The Bertz CT molecular complexity index is 789. The Morgan fingerprint density at radius 1 is 1.38 bits per heavy atom. The summed E-state index contributed by atoms with van der Waals surface area (Å²) in [5.41, 5.74) is 2.93. The van der Waals surface area contributed by atoms with E-state index >= 15 is 0 Å². The van der Waals surface area contributed by atoms with Gasteiger partial charge in [-0.05, 0) is 31.9 Å². The molecule has 0 unspecified atom stereocenters. The van der Waals surface area contributed by atoms with E-state index in [-0.39, 0.29) is 0 Å². The molecule has 0 amide bonds. The number of aryl methyl sites for hydroxylation is 1. The van der Waals surface area contributed by atoms with Crippen molar-refractivity contribution in [2.75, 3.05) is 18.5 Å². The van der Waals surface area contributed by atoms with Crippen LogP contribution < -0.4 is 5.32 Å². The molecule has 1 aliphatic rings. The van der Waals surface area contributed by atoms with Gasteiger partial charge in [0.25, 0.3) is 0 Å². The molecule has 108 valence electrons. The maximum Gasteiger partial charge on any atom is 0.158 e. The standard InChI is InChI=1S/C16H18N4O/c1-11-9-15-18-16(17-10-12-5-4-8-21-12)13-6-2-3-7-14(13)20(15)19-11/h2-3,6-7,9,12H,4-5,8,10H2,1H3,(H,17,18)/t12-/m1/s1. The summed E-state index contributed by atoms with van der Waals surface area (Å²) >= 11 is 0. The maximum atomic E-state index is 5.67. The molecule has 0 spiro atoms. The Labute approximate surface area is 122 Å². The topological polar surface area (TPSA) is 51.5 Å². The van der Waals surface area contributed by atoms with Crippen LogP contribution >= 0.6 is 0 Å². The zero-order valence-corrected chi connectivity index (χ0v) is 12.0. The Balaban J connectivity index is 1.77. The number of ether oxygens (including phenoxy) is 1. The molecule has 0 saturated carbocycles. The van der Waals surface area contributed by atoms with Gasteiger partial charge in [-0.1, -0.05) is 12.1 Å². The molecule has 1 fully saturated rings. The van der Waals surface area contributed by atoms with Gasteiger partial charge in [0, 0.05) is 24.6 Å². The summed E-state index contributed by atoms with van der Waals surface area (Å²) in [4.78, 5) is 4.72. The van der Waals surface area contributed by atoms with Crippen molar-refractivity contribution in [2.24, 2.45) is 0 Å². The number of aromatic nitrogens is 3. The van der Waals surface area contributed by atoms with E-state index in [1.807, 2.05) is 29.6 Å². The third-order valence-corrected chi connectivity index (χ3v) is 3.95. The Morgan fingerprint density at radius 2 is 2.29 bits per heavy atom. The van der Waals surface area contributed by atoms with Crippen molar-refractivity contribution in [3.63, 3.8) is 0 Å². The highest BCUT2D eigenvalue weighted by Crippen LogP contribution is 2.24. The minimum atomic E-state index is 0.299. The number of hydrogen-bond acceptors (Lipinski definition) is 4. The number of rotatable bonds is 3. The Kier molecular flexibility index (Phi) is 3.00. The molecule has 1 N–H and O–H groups in total. The minimum absolute atomic E-state index is 0.299. The zero-order chi connectivity index (χ0) is 14.2. The highest BCUT2D eigenvalue weighted by molar-refractivity contribution is 5.91. The largest absolute Gasteiger partial charge is 0.376 e. The first kappa shape index (κ1) is 12.6. The average molecular weight is 282 g/mol. The highest BCUT2D eigenvalue weighted by Gasteiger charge is 2.16. The van der Waals surface area contributed by atoms with Crippen LogP contribution in [0, 0.1) is 6.92 Å². The predicted octanol–water partition coefficient (Wildman–Crippen LogP) is 2.78. The molecule has 0 bridgehead atoms. The summed E-state index contributed by atoms with van der Waals surface area (Å²) in [5, 5.41) is 9.06. The second kappa shape index (κ2) is 5.00. The van der Waals surface area contributed by atoms with Crippen molar-refractivity contribution < 1.29 is 4.74 Å². The molecule has 1 atom stereocenters. The molecule has 2 aromatic heterocycles. The molecule has 1 aromatic carbocycles. The number of nitrogens with one attached hydrogen (secondary N) is 1. The first-order valence-electron chi connectivity index (χ1n) is 7.42. The molecule has 0 radical (unpaired) electrons. The van der Waals surface area contributed by atoms with E-state index in [0.29, 0.717) is 6.10 Å². The summed E-state index contributed by atoms with van der Waals surface area (Å²) in [6, 6.07) is 10.2. The normalized spacial score (nSPS) is 18.6. The molecule has 21 heavy (non-hydrogen) atoms.